The summed E-state index contributed by atoms with van der Waals surface area (Å²) in [7, 11) is 1.26. The van der Waals surface area contributed by atoms with Gasteiger partial charge in [0, 0.05) is 31.4 Å². The van der Waals surface area contributed by atoms with E-state index in [9.17, 15) is 14.8 Å². The van der Waals surface area contributed by atoms with Crippen molar-refractivity contribution in [2.75, 3.05) is 31.6 Å². The quantitative estimate of drug-likeness (QED) is 0.393. The van der Waals surface area contributed by atoms with Gasteiger partial charge in [-0.3, -0.25) is 9.69 Å². The number of rotatable bonds is 7. The predicted molar refractivity (Wildman–Crippen MR) is 117 cm³/mol. The number of carbonyl (C=O) groups excluding carboxylic acids is 2. The van der Waals surface area contributed by atoms with Gasteiger partial charge in [0.25, 0.3) is 0 Å². The Hall–Kier alpha value is -2.70. The van der Waals surface area contributed by atoms with Crippen molar-refractivity contribution in [3.05, 3.63) is 71.3 Å². The van der Waals surface area contributed by atoms with Gasteiger partial charge in [0.15, 0.2) is 5.54 Å². The van der Waals surface area contributed by atoms with Gasteiger partial charge in [-0.1, -0.05) is 55.3 Å². The van der Waals surface area contributed by atoms with Crippen LogP contribution in [0.2, 0.25) is 0 Å². The summed E-state index contributed by atoms with van der Waals surface area (Å²) in [6.07, 6.45) is 0.315. The minimum absolute atomic E-state index is 0.000715. The fraction of sp³-hybridized carbons (Fsp3) is 0.417. The molecule has 0 radical (unpaired) electrons. The Kier molecular flexibility index (Phi) is 5.03. The maximum Gasteiger partial charge on any atom is 0.332 e. The second-order valence-corrected chi connectivity index (χ2v) is 7.52. The molecule has 0 aromatic heterocycles. The maximum atomic E-state index is 13.6. The summed E-state index contributed by atoms with van der Waals surface area (Å²) in [6, 6.07) is 6.87. The molecule has 6 heteroatoms. The highest BCUT2D eigenvalue weighted by molar-refractivity contribution is 6.02. The lowest BCUT2D eigenvalue weighted by Crippen LogP contribution is -2.65. The number of likely N-dealkylation sites (tertiary alicyclic amines) is 1. The van der Waals surface area contributed by atoms with Gasteiger partial charge in [0.05, 0.1) is 33.6 Å². The summed E-state index contributed by atoms with van der Waals surface area (Å²) < 4.78 is 44.0. The molecule has 0 N–H and O–H groups in total. The lowest BCUT2D eigenvalue weighted by atomic mass is 9.84. The molecule has 0 spiro atoms. The first-order chi connectivity index (χ1) is 16.5. The summed E-state index contributed by atoms with van der Waals surface area (Å²) in [6.45, 7) is 1.71. The summed E-state index contributed by atoms with van der Waals surface area (Å²) in [4.78, 5) is 27.6. The van der Waals surface area contributed by atoms with E-state index < -0.39 is 34.3 Å². The van der Waals surface area contributed by atoms with Crippen LogP contribution in [0.3, 0.4) is 0 Å². The molecule has 1 aliphatic rings. The predicted octanol–water partition coefficient (Wildman–Crippen LogP) is 3.69. The van der Waals surface area contributed by atoms with Crippen molar-refractivity contribution in [1.29, 1.82) is 0 Å². The van der Waals surface area contributed by atoms with Crippen LogP contribution in [0, 0.1) is 5.21 Å². The molecule has 0 aliphatic carbocycles. The zero-order valence-corrected chi connectivity index (χ0v) is 17.4. The monoisotopic (exact) mass is 415 g/mol. The smallest absolute Gasteiger partial charge is 0.332 e. The third-order valence-electron chi connectivity index (χ3n) is 5.75. The molecule has 0 bridgehead atoms. The van der Waals surface area contributed by atoms with Crippen molar-refractivity contribution >= 4 is 17.6 Å². The van der Waals surface area contributed by atoms with Gasteiger partial charge in [-0.05, 0) is 17.7 Å². The highest BCUT2D eigenvalue weighted by atomic mass is 16.5. The molecule has 0 unspecified atom stereocenters. The van der Waals surface area contributed by atoms with Crippen LogP contribution >= 0.6 is 0 Å². The number of nitrogens with zero attached hydrogens (tertiary/aromatic N) is 2. The van der Waals surface area contributed by atoms with E-state index in [2.05, 4.69) is 0 Å². The Balaban J connectivity index is 1.88. The van der Waals surface area contributed by atoms with Gasteiger partial charge in [-0.25, -0.2) is 4.79 Å². The van der Waals surface area contributed by atoms with Crippen molar-refractivity contribution < 1.29 is 25.8 Å². The van der Waals surface area contributed by atoms with Gasteiger partial charge in [0.2, 0.25) is 5.91 Å². The summed E-state index contributed by atoms with van der Waals surface area (Å²) >= 11 is 0. The summed E-state index contributed by atoms with van der Waals surface area (Å²) in [5.41, 5.74) is -0.678. The minimum atomic E-state index is -1.33. The Morgan fingerprint density at radius 2 is 1.80 bits per heavy atom. The molecule has 3 rings (SSSR count). The van der Waals surface area contributed by atoms with Crippen molar-refractivity contribution in [3.8, 4) is 0 Å². The first kappa shape index (κ1) is 16.1. The van der Waals surface area contributed by atoms with E-state index in [1.807, 2.05) is 6.07 Å². The molecule has 0 atom stereocenters. The highest BCUT2D eigenvalue weighted by Gasteiger charge is 2.52. The zero-order valence-electron chi connectivity index (χ0n) is 22.4. The normalized spacial score (nSPS) is 25.9. The summed E-state index contributed by atoms with van der Waals surface area (Å²) in [5.74, 6) is -0.841. The number of methoxy groups -OCH3 is 1. The number of esters is 1. The number of carbonyl (C=O) groups is 2. The molecular formula is C24H30N2O4. The first-order valence-electron chi connectivity index (χ1n) is 12.6. The van der Waals surface area contributed by atoms with Gasteiger partial charge in [0.1, 0.15) is 0 Å². The Bertz CT molecular complexity index is 1080. The largest absolute Gasteiger partial charge is 0.633 e. The molecular weight excluding hydrogens is 380 g/mol. The number of piperidine rings is 1. The third kappa shape index (κ3) is 4.55. The fourth-order valence-corrected chi connectivity index (χ4v) is 4.03. The molecule has 1 amide bonds. The number of para-hydroxylation sites is 1. The number of benzene rings is 2. The standard InChI is InChI=1S/C24H30N2O4/c1-3-22(27)25(21-12-8-5-9-13-21)24(23(28)30-2)15-18-26(29,19-16-24)17-14-20-10-6-4-7-11-20/h4-13H,3,14-19H2,1-2H3/i4D,6D,7D,10D,11D. The van der Waals surface area contributed by atoms with Crippen LogP contribution in [-0.4, -0.2) is 48.8 Å². The Morgan fingerprint density at radius 1 is 1.17 bits per heavy atom. The van der Waals surface area contributed by atoms with Crippen LogP contribution in [-0.2, 0) is 20.7 Å². The molecule has 6 nitrogen and oxygen atoms in total. The van der Waals surface area contributed by atoms with Crippen molar-refractivity contribution in [1.82, 2.24) is 0 Å². The van der Waals surface area contributed by atoms with E-state index in [1.54, 1.807) is 31.2 Å². The van der Waals surface area contributed by atoms with Gasteiger partial charge < -0.3 is 14.6 Å². The summed E-state index contributed by atoms with van der Waals surface area (Å²) in [5, 5.41) is 13.6. The van der Waals surface area contributed by atoms with Crippen LogP contribution in [0.4, 0.5) is 5.69 Å². The van der Waals surface area contributed by atoms with Crippen LogP contribution in [0.1, 0.15) is 38.6 Å². The molecule has 2 aromatic rings. The SMILES string of the molecule is [2H]c1c([2H])c([2H])c(CC[N+]2([O-])CCC(C(=O)OC)(N(C(=O)CC)c3ccccc3)CC2)c([2H])c1[2H]. The minimum Gasteiger partial charge on any atom is -0.633 e. The van der Waals surface area contributed by atoms with E-state index in [1.165, 1.54) is 12.0 Å². The molecule has 1 fully saturated rings. The molecule has 30 heavy (non-hydrogen) atoms. The average molecular weight is 416 g/mol. The van der Waals surface area contributed by atoms with Gasteiger partial charge in [-0.15, -0.1) is 0 Å². The lowest BCUT2D eigenvalue weighted by molar-refractivity contribution is -0.886. The second-order valence-electron chi connectivity index (χ2n) is 7.52. The molecule has 1 aliphatic heterocycles. The fourth-order valence-electron chi connectivity index (χ4n) is 4.03. The van der Waals surface area contributed by atoms with Crippen molar-refractivity contribution in [2.24, 2.45) is 0 Å². The molecule has 1 saturated heterocycles. The average Bonchev–Trinajstić information content (AvgIpc) is 2.87. The number of ether oxygens (including phenoxy) is 1. The van der Waals surface area contributed by atoms with E-state index in [0.717, 1.165) is 0 Å². The number of amides is 1. The van der Waals surface area contributed by atoms with Crippen LogP contribution < -0.4 is 4.90 Å². The maximum absolute atomic E-state index is 13.6. The number of anilines is 1. The topological polar surface area (TPSA) is 69.7 Å². The molecule has 160 valence electrons. The van der Waals surface area contributed by atoms with Crippen LogP contribution in [0.25, 0.3) is 0 Å². The molecule has 0 saturated carbocycles. The van der Waals surface area contributed by atoms with Crippen molar-refractivity contribution in [2.45, 2.75) is 38.1 Å². The zero-order chi connectivity index (χ0) is 26.0. The van der Waals surface area contributed by atoms with E-state index >= 15 is 0 Å². The number of hydrogen-bond donors (Lipinski definition) is 0. The van der Waals surface area contributed by atoms with Crippen molar-refractivity contribution in [3.63, 3.8) is 0 Å². The highest BCUT2D eigenvalue weighted by Crippen LogP contribution is 2.37. The lowest BCUT2D eigenvalue weighted by Gasteiger charge is -2.53. The van der Waals surface area contributed by atoms with E-state index in [-0.39, 0.29) is 68.9 Å². The van der Waals surface area contributed by atoms with E-state index in [0.29, 0.717) is 5.69 Å². The number of hydroxylamine groups is 3. The van der Waals surface area contributed by atoms with Crippen LogP contribution in [0.5, 0.6) is 0 Å². The molecule has 1 heterocycles. The Morgan fingerprint density at radius 3 is 2.37 bits per heavy atom. The Labute approximate surface area is 185 Å². The second kappa shape index (κ2) is 9.41. The van der Waals surface area contributed by atoms with Gasteiger partial charge >= 0.3 is 5.97 Å². The third-order valence-corrected chi connectivity index (χ3v) is 5.75. The first-order valence-corrected chi connectivity index (χ1v) is 10.1. The number of hydrogen-bond acceptors (Lipinski definition) is 4. The van der Waals surface area contributed by atoms with E-state index in [4.69, 9.17) is 11.6 Å². The molecule has 2 aromatic carbocycles. The number of quaternary nitrogens is 1. The van der Waals surface area contributed by atoms with Crippen LogP contribution in [0.15, 0.2) is 60.5 Å². The van der Waals surface area contributed by atoms with Gasteiger partial charge in [-0.2, -0.15) is 0 Å².